The van der Waals surface area contributed by atoms with Crippen LogP contribution in [0, 0.1) is 0 Å². The summed E-state index contributed by atoms with van der Waals surface area (Å²) in [5, 5.41) is 3.43. The Hall–Kier alpha value is -1.39. The second-order valence-corrected chi connectivity index (χ2v) is 5.31. The molecule has 0 unspecified atom stereocenters. The van der Waals surface area contributed by atoms with E-state index in [-0.39, 0.29) is 5.91 Å². The molecule has 2 atom stereocenters. The van der Waals surface area contributed by atoms with E-state index in [2.05, 4.69) is 19.2 Å². The number of rotatable bonds is 3. The number of nitrogens with one attached hydrogen (secondary N) is 1. The van der Waals surface area contributed by atoms with Gasteiger partial charge in [0.05, 0.1) is 6.61 Å². The predicted molar refractivity (Wildman–Crippen MR) is 75.1 cm³/mol. The fourth-order valence-electron chi connectivity index (χ4n) is 2.59. The van der Waals surface area contributed by atoms with E-state index >= 15 is 0 Å². The maximum absolute atomic E-state index is 12.4. The van der Waals surface area contributed by atoms with Crippen LogP contribution in [0.1, 0.15) is 29.8 Å². The number of piperazine rings is 1. The zero-order chi connectivity index (χ0) is 13.8. The van der Waals surface area contributed by atoms with Gasteiger partial charge in [0.15, 0.2) is 0 Å². The van der Waals surface area contributed by atoms with Crippen LogP contribution in [0.5, 0.6) is 0 Å². The molecule has 0 bridgehead atoms. The summed E-state index contributed by atoms with van der Waals surface area (Å²) in [5.74, 6) is 0.115. The molecule has 1 saturated heterocycles. The van der Waals surface area contributed by atoms with Crippen LogP contribution in [0.25, 0.3) is 0 Å². The molecular formula is C15H22N2O2. The van der Waals surface area contributed by atoms with Gasteiger partial charge >= 0.3 is 0 Å². The summed E-state index contributed by atoms with van der Waals surface area (Å²) in [6.45, 7) is 6.33. The molecule has 0 saturated carbocycles. The normalized spacial score (nSPS) is 23.4. The Morgan fingerprint density at radius 3 is 2.37 bits per heavy atom. The number of benzene rings is 1. The summed E-state index contributed by atoms with van der Waals surface area (Å²) in [6, 6.07) is 8.36. The van der Waals surface area contributed by atoms with Gasteiger partial charge in [-0.25, -0.2) is 0 Å². The van der Waals surface area contributed by atoms with E-state index in [9.17, 15) is 4.79 Å². The fraction of sp³-hybridized carbons (Fsp3) is 0.533. The van der Waals surface area contributed by atoms with Crippen molar-refractivity contribution in [2.45, 2.75) is 32.5 Å². The molecule has 4 heteroatoms. The van der Waals surface area contributed by atoms with E-state index in [4.69, 9.17) is 4.74 Å². The lowest BCUT2D eigenvalue weighted by Gasteiger charge is -2.36. The summed E-state index contributed by atoms with van der Waals surface area (Å²) in [5.41, 5.74) is 1.84. The lowest BCUT2D eigenvalue weighted by molar-refractivity contribution is 0.0673. The molecule has 1 fully saturated rings. The van der Waals surface area contributed by atoms with Crippen molar-refractivity contribution in [3.05, 3.63) is 35.4 Å². The molecular weight excluding hydrogens is 240 g/mol. The summed E-state index contributed by atoms with van der Waals surface area (Å²) in [4.78, 5) is 14.4. The Morgan fingerprint density at radius 1 is 1.26 bits per heavy atom. The first-order valence-corrected chi connectivity index (χ1v) is 6.73. The van der Waals surface area contributed by atoms with E-state index in [1.807, 2.05) is 29.2 Å². The zero-order valence-electron chi connectivity index (χ0n) is 11.8. The van der Waals surface area contributed by atoms with Crippen LogP contribution in [0.4, 0.5) is 0 Å². The van der Waals surface area contributed by atoms with Crippen LogP contribution in [-0.2, 0) is 11.3 Å². The van der Waals surface area contributed by atoms with Gasteiger partial charge in [0.25, 0.3) is 5.91 Å². The molecule has 1 N–H and O–H groups in total. The lowest BCUT2D eigenvalue weighted by atomic mass is 10.1. The van der Waals surface area contributed by atoms with E-state index in [0.717, 1.165) is 24.2 Å². The van der Waals surface area contributed by atoms with Gasteiger partial charge in [-0.15, -0.1) is 0 Å². The van der Waals surface area contributed by atoms with Crippen molar-refractivity contribution in [2.75, 3.05) is 20.2 Å². The maximum Gasteiger partial charge on any atom is 0.253 e. The molecule has 0 aromatic heterocycles. The summed E-state index contributed by atoms with van der Waals surface area (Å²) >= 11 is 0. The molecule has 1 aromatic rings. The highest BCUT2D eigenvalue weighted by molar-refractivity contribution is 5.94. The van der Waals surface area contributed by atoms with Crippen molar-refractivity contribution in [3.8, 4) is 0 Å². The first kappa shape index (κ1) is 14.0. The van der Waals surface area contributed by atoms with Crippen LogP contribution < -0.4 is 5.32 Å². The van der Waals surface area contributed by atoms with Crippen LogP contribution in [0.3, 0.4) is 0 Å². The van der Waals surface area contributed by atoms with Gasteiger partial charge in [-0.05, 0) is 31.5 Å². The van der Waals surface area contributed by atoms with Crippen LogP contribution >= 0.6 is 0 Å². The summed E-state index contributed by atoms with van der Waals surface area (Å²) < 4.78 is 5.07. The minimum atomic E-state index is 0.115. The average Bonchev–Trinajstić information content (AvgIpc) is 2.38. The highest BCUT2D eigenvalue weighted by atomic mass is 16.5. The summed E-state index contributed by atoms with van der Waals surface area (Å²) in [6.07, 6.45) is 0. The van der Waals surface area contributed by atoms with E-state index in [1.165, 1.54) is 0 Å². The standard InChI is InChI=1S/C15H22N2O2/c1-11-8-17(9-12(2)16-11)15(18)14-6-4-13(5-7-14)10-19-3/h4-7,11-12,16H,8-10H2,1-3H3/t11-,12-/m1/s1. The number of amides is 1. The molecule has 2 rings (SSSR count). The molecule has 1 heterocycles. The minimum absolute atomic E-state index is 0.115. The summed E-state index contributed by atoms with van der Waals surface area (Å²) in [7, 11) is 1.67. The molecule has 0 radical (unpaired) electrons. The molecule has 1 aliphatic rings. The number of hydrogen-bond acceptors (Lipinski definition) is 3. The topological polar surface area (TPSA) is 41.6 Å². The number of carbonyl (C=O) groups is 1. The Balaban J connectivity index is 2.06. The number of nitrogens with zero attached hydrogens (tertiary/aromatic N) is 1. The Labute approximate surface area is 114 Å². The largest absolute Gasteiger partial charge is 0.380 e. The van der Waals surface area contributed by atoms with Gasteiger partial charge in [0.1, 0.15) is 0 Å². The van der Waals surface area contributed by atoms with Gasteiger partial charge in [-0.2, -0.15) is 0 Å². The van der Waals surface area contributed by atoms with Crippen LogP contribution in [0.2, 0.25) is 0 Å². The molecule has 4 nitrogen and oxygen atoms in total. The monoisotopic (exact) mass is 262 g/mol. The lowest BCUT2D eigenvalue weighted by Crippen LogP contribution is -2.55. The van der Waals surface area contributed by atoms with E-state index < -0.39 is 0 Å². The second kappa shape index (κ2) is 6.17. The number of ether oxygens (including phenoxy) is 1. The number of carbonyl (C=O) groups excluding carboxylic acids is 1. The fourth-order valence-corrected chi connectivity index (χ4v) is 2.59. The van der Waals surface area contributed by atoms with Crippen molar-refractivity contribution < 1.29 is 9.53 Å². The molecule has 19 heavy (non-hydrogen) atoms. The quantitative estimate of drug-likeness (QED) is 0.900. The maximum atomic E-state index is 12.4. The van der Waals surface area contributed by atoms with Crippen molar-refractivity contribution in [1.29, 1.82) is 0 Å². The van der Waals surface area contributed by atoms with Crippen molar-refractivity contribution >= 4 is 5.91 Å². The van der Waals surface area contributed by atoms with Crippen molar-refractivity contribution in [1.82, 2.24) is 10.2 Å². The van der Waals surface area contributed by atoms with Gasteiger partial charge < -0.3 is 15.0 Å². The molecule has 1 aliphatic heterocycles. The van der Waals surface area contributed by atoms with Gasteiger partial charge in [-0.3, -0.25) is 4.79 Å². The highest BCUT2D eigenvalue weighted by Gasteiger charge is 2.25. The number of methoxy groups -OCH3 is 1. The van der Waals surface area contributed by atoms with Gasteiger partial charge in [0, 0.05) is 37.8 Å². The van der Waals surface area contributed by atoms with E-state index in [1.54, 1.807) is 7.11 Å². The average molecular weight is 262 g/mol. The molecule has 0 aliphatic carbocycles. The third kappa shape index (κ3) is 3.55. The molecule has 104 valence electrons. The zero-order valence-corrected chi connectivity index (χ0v) is 11.8. The number of hydrogen-bond donors (Lipinski definition) is 1. The van der Waals surface area contributed by atoms with Crippen molar-refractivity contribution in [3.63, 3.8) is 0 Å². The Bertz CT molecular complexity index is 420. The third-order valence-electron chi connectivity index (χ3n) is 3.36. The Morgan fingerprint density at radius 2 is 1.84 bits per heavy atom. The third-order valence-corrected chi connectivity index (χ3v) is 3.36. The molecule has 1 amide bonds. The van der Waals surface area contributed by atoms with E-state index in [0.29, 0.717) is 18.7 Å². The van der Waals surface area contributed by atoms with Crippen LogP contribution in [-0.4, -0.2) is 43.1 Å². The van der Waals surface area contributed by atoms with Crippen LogP contribution in [0.15, 0.2) is 24.3 Å². The highest BCUT2D eigenvalue weighted by Crippen LogP contribution is 2.12. The first-order chi connectivity index (χ1) is 9.10. The predicted octanol–water partition coefficient (Wildman–Crippen LogP) is 1.66. The minimum Gasteiger partial charge on any atom is -0.380 e. The SMILES string of the molecule is COCc1ccc(C(=O)N2C[C@@H](C)N[C@H](C)C2)cc1. The molecule has 0 spiro atoms. The molecule has 1 aromatic carbocycles. The second-order valence-electron chi connectivity index (χ2n) is 5.31. The first-order valence-electron chi connectivity index (χ1n) is 6.73. The van der Waals surface area contributed by atoms with Crippen molar-refractivity contribution in [2.24, 2.45) is 0 Å². The van der Waals surface area contributed by atoms with Gasteiger partial charge in [0.2, 0.25) is 0 Å². The Kier molecular flexibility index (Phi) is 4.56. The van der Waals surface area contributed by atoms with Gasteiger partial charge in [-0.1, -0.05) is 12.1 Å². The smallest absolute Gasteiger partial charge is 0.253 e.